The summed E-state index contributed by atoms with van der Waals surface area (Å²) in [5.74, 6) is 0.393. The first-order valence-electron chi connectivity index (χ1n) is 7.64. The van der Waals surface area contributed by atoms with Crippen molar-refractivity contribution in [2.45, 2.75) is 77.5 Å². The van der Waals surface area contributed by atoms with E-state index >= 15 is 0 Å². The van der Waals surface area contributed by atoms with Crippen molar-refractivity contribution in [2.75, 3.05) is 6.61 Å². The molecular weight excluding hydrogens is 295 g/mol. The number of rotatable bonds is 6. The van der Waals surface area contributed by atoms with Crippen molar-refractivity contribution < 1.29 is 28.0 Å². The van der Waals surface area contributed by atoms with Gasteiger partial charge in [-0.05, 0) is 33.1 Å². The Morgan fingerprint density at radius 3 is 2.62 bits per heavy atom. The highest BCUT2D eigenvalue weighted by Gasteiger charge is 2.59. The van der Waals surface area contributed by atoms with E-state index in [4.69, 9.17) is 18.5 Å². The van der Waals surface area contributed by atoms with E-state index in [1.165, 1.54) is 0 Å². The van der Waals surface area contributed by atoms with Gasteiger partial charge in [-0.1, -0.05) is 13.8 Å². The zero-order valence-corrected chi connectivity index (χ0v) is 14.3. The smallest absolute Gasteiger partial charge is 0.373 e. The molecule has 0 amide bonds. The minimum absolute atomic E-state index is 0.157. The second kappa shape index (κ2) is 6.26. The van der Waals surface area contributed by atoms with Crippen LogP contribution in [-0.4, -0.2) is 41.5 Å². The zero-order chi connectivity index (χ0) is 15.8. The third-order valence-electron chi connectivity index (χ3n) is 3.88. The Bertz CT molecular complexity index is 408. The predicted octanol–water partition coefficient (Wildman–Crippen LogP) is 2.89. The Balaban J connectivity index is 2.20. The van der Waals surface area contributed by atoms with Gasteiger partial charge in [-0.3, -0.25) is 9.05 Å². The van der Waals surface area contributed by atoms with Gasteiger partial charge in [0.1, 0.15) is 17.8 Å². The van der Waals surface area contributed by atoms with Gasteiger partial charge >= 0.3 is 7.82 Å². The van der Waals surface area contributed by atoms with Crippen molar-refractivity contribution in [3.8, 4) is 0 Å². The molecule has 2 saturated heterocycles. The summed E-state index contributed by atoms with van der Waals surface area (Å²) >= 11 is 0. The van der Waals surface area contributed by atoms with E-state index in [9.17, 15) is 9.46 Å². The summed E-state index contributed by atoms with van der Waals surface area (Å²) in [5, 5.41) is 0. The minimum Gasteiger partial charge on any atom is -0.373 e. The third-order valence-corrected chi connectivity index (χ3v) is 5.06. The van der Waals surface area contributed by atoms with Gasteiger partial charge in [-0.2, -0.15) is 0 Å². The highest BCUT2D eigenvalue weighted by Crippen LogP contribution is 2.54. The zero-order valence-electron chi connectivity index (χ0n) is 13.4. The Labute approximate surface area is 126 Å². The molecule has 6 nitrogen and oxygen atoms in total. The fourth-order valence-electron chi connectivity index (χ4n) is 3.39. The lowest BCUT2D eigenvalue weighted by molar-refractivity contribution is -0.125. The van der Waals surface area contributed by atoms with Crippen LogP contribution < -0.4 is 0 Å². The van der Waals surface area contributed by atoms with E-state index in [0.717, 1.165) is 6.42 Å². The summed E-state index contributed by atoms with van der Waals surface area (Å²) in [6, 6.07) is 0. The molecule has 0 spiro atoms. The largest absolute Gasteiger partial charge is 0.472 e. The van der Waals surface area contributed by atoms with Crippen LogP contribution in [0.4, 0.5) is 0 Å². The van der Waals surface area contributed by atoms with Gasteiger partial charge in [0, 0.05) is 6.42 Å². The van der Waals surface area contributed by atoms with Crippen LogP contribution in [-0.2, 0) is 23.1 Å². The average Bonchev–Trinajstić information content (AvgIpc) is 2.43. The number of ether oxygens (including phenoxy) is 2. The monoisotopic (exact) mass is 322 g/mol. The van der Waals surface area contributed by atoms with Crippen molar-refractivity contribution in [3.63, 3.8) is 0 Å². The molecule has 2 fully saturated rings. The fraction of sp³-hybridized carbons (Fsp3) is 1.00. The van der Waals surface area contributed by atoms with Crippen LogP contribution in [0.5, 0.6) is 0 Å². The fourth-order valence-corrected chi connectivity index (χ4v) is 4.57. The molecule has 2 aliphatic rings. The lowest BCUT2D eigenvalue weighted by atomic mass is 9.82. The first kappa shape index (κ1) is 17.4. The van der Waals surface area contributed by atoms with E-state index < -0.39 is 19.5 Å². The Hall–Kier alpha value is 0.0300. The van der Waals surface area contributed by atoms with Crippen molar-refractivity contribution in [1.82, 2.24) is 0 Å². The SMILES string of the molecule is CC(C)C[C@]12CCO[C@@H](C1OP(=O)(O)OC(C)C)[C@H](C)O2. The van der Waals surface area contributed by atoms with Gasteiger partial charge in [-0.15, -0.1) is 0 Å². The maximum Gasteiger partial charge on any atom is 0.472 e. The average molecular weight is 322 g/mol. The first-order chi connectivity index (χ1) is 9.65. The normalized spacial score (nSPS) is 39.0. The lowest BCUT2D eigenvalue weighted by Crippen LogP contribution is -2.50. The van der Waals surface area contributed by atoms with E-state index in [1.807, 2.05) is 6.92 Å². The van der Waals surface area contributed by atoms with Gasteiger partial charge in [-0.25, -0.2) is 4.57 Å². The van der Waals surface area contributed by atoms with E-state index in [0.29, 0.717) is 18.9 Å². The summed E-state index contributed by atoms with van der Waals surface area (Å²) in [5.41, 5.74) is -0.560. The third kappa shape index (κ3) is 3.87. The number of phosphoric acid groups is 1. The molecule has 2 unspecified atom stereocenters. The molecule has 2 bridgehead atoms. The summed E-state index contributed by atoms with van der Waals surface area (Å²) in [7, 11) is -4.12. The van der Waals surface area contributed by atoms with Crippen LogP contribution >= 0.6 is 7.82 Å². The number of hydrogen-bond acceptors (Lipinski definition) is 5. The number of phosphoric ester groups is 1. The van der Waals surface area contributed by atoms with Crippen LogP contribution in [0.2, 0.25) is 0 Å². The van der Waals surface area contributed by atoms with Crippen LogP contribution in [0.1, 0.15) is 47.5 Å². The van der Waals surface area contributed by atoms with Crippen LogP contribution in [0, 0.1) is 5.92 Å². The standard InChI is InChI=1S/C14H27O6P/c1-9(2)8-14-6-7-17-12(11(5)18-14)13(14)20-21(15,16)19-10(3)4/h9-13H,6-8H2,1-5H3,(H,15,16)/t11-,12+,13?,14+/m0/s1. The molecule has 1 N–H and O–H groups in total. The molecule has 5 atom stereocenters. The molecular formula is C14H27O6P. The molecule has 0 radical (unpaired) electrons. The molecule has 0 aromatic carbocycles. The van der Waals surface area contributed by atoms with Gasteiger partial charge in [0.15, 0.2) is 0 Å². The van der Waals surface area contributed by atoms with Crippen molar-refractivity contribution in [1.29, 1.82) is 0 Å². The topological polar surface area (TPSA) is 74.2 Å². The second-order valence-corrected chi connectivity index (χ2v) is 8.08. The number of fused-ring (bicyclic) bond motifs is 2. The molecule has 0 saturated carbocycles. The molecule has 124 valence electrons. The summed E-state index contributed by atoms with van der Waals surface area (Å²) in [6.07, 6.45) is -0.00768. The summed E-state index contributed by atoms with van der Waals surface area (Å²) in [4.78, 5) is 9.94. The van der Waals surface area contributed by atoms with E-state index in [2.05, 4.69) is 13.8 Å². The quantitative estimate of drug-likeness (QED) is 0.758. The molecule has 0 aromatic heterocycles. The molecule has 7 heteroatoms. The summed E-state index contributed by atoms with van der Waals surface area (Å²) < 4.78 is 34.5. The summed E-state index contributed by atoms with van der Waals surface area (Å²) in [6.45, 7) is 10.1. The van der Waals surface area contributed by atoms with Crippen molar-refractivity contribution >= 4 is 7.82 Å². The maximum atomic E-state index is 12.1. The van der Waals surface area contributed by atoms with Gasteiger partial charge in [0.25, 0.3) is 0 Å². The van der Waals surface area contributed by atoms with Gasteiger partial charge < -0.3 is 14.4 Å². The van der Waals surface area contributed by atoms with E-state index in [-0.39, 0.29) is 18.3 Å². The van der Waals surface area contributed by atoms with Crippen molar-refractivity contribution in [2.24, 2.45) is 5.92 Å². The van der Waals surface area contributed by atoms with Crippen molar-refractivity contribution in [3.05, 3.63) is 0 Å². The lowest BCUT2D eigenvalue weighted by Gasteiger charge is -2.40. The predicted molar refractivity (Wildman–Crippen MR) is 78.0 cm³/mol. The Morgan fingerprint density at radius 2 is 2.05 bits per heavy atom. The molecule has 21 heavy (non-hydrogen) atoms. The minimum atomic E-state index is -4.12. The van der Waals surface area contributed by atoms with Crippen LogP contribution in [0.15, 0.2) is 0 Å². The highest BCUT2D eigenvalue weighted by molar-refractivity contribution is 7.47. The van der Waals surface area contributed by atoms with E-state index in [1.54, 1.807) is 13.8 Å². The molecule has 2 aliphatic heterocycles. The van der Waals surface area contributed by atoms with Gasteiger partial charge in [0.2, 0.25) is 0 Å². The Morgan fingerprint density at radius 1 is 1.38 bits per heavy atom. The highest BCUT2D eigenvalue weighted by atomic mass is 31.2. The van der Waals surface area contributed by atoms with Gasteiger partial charge in [0.05, 0.1) is 18.8 Å². The number of hydrogen-bond donors (Lipinski definition) is 1. The first-order valence-corrected chi connectivity index (χ1v) is 9.14. The molecule has 2 heterocycles. The second-order valence-electron chi connectivity index (χ2n) is 6.72. The van der Waals surface area contributed by atoms with Crippen LogP contribution in [0.25, 0.3) is 0 Å². The molecule has 2 rings (SSSR count). The molecule has 0 aromatic rings. The maximum absolute atomic E-state index is 12.1. The molecule has 0 aliphatic carbocycles. The Kier molecular flexibility index (Phi) is 5.19. The van der Waals surface area contributed by atoms with Crippen LogP contribution in [0.3, 0.4) is 0 Å².